The standard InChI is InChI=1S/C16H24N6O/c1-11-13(7-18-21(11)4)10-22-6-5-12(9-22)15-14(8-17-19-15)16(23)20(2)3/h7-8,12H,5-6,9-10H2,1-4H3,(H,17,19)/t12-/m1/s1. The van der Waals surface area contributed by atoms with Crippen LogP contribution in [0, 0.1) is 6.92 Å². The second-order valence-electron chi connectivity index (χ2n) is 6.50. The number of carbonyl (C=O) groups excluding carboxylic acids is 1. The molecule has 7 nitrogen and oxygen atoms in total. The van der Waals surface area contributed by atoms with Gasteiger partial charge in [-0.05, 0) is 19.9 Å². The van der Waals surface area contributed by atoms with Crippen molar-refractivity contribution in [2.45, 2.75) is 25.8 Å². The first-order valence-corrected chi connectivity index (χ1v) is 7.92. The highest BCUT2D eigenvalue weighted by molar-refractivity contribution is 5.94. The van der Waals surface area contributed by atoms with E-state index in [-0.39, 0.29) is 5.91 Å². The van der Waals surface area contributed by atoms with Crippen molar-refractivity contribution in [1.82, 2.24) is 29.8 Å². The molecule has 3 rings (SSSR count). The normalized spacial score (nSPS) is 18.5. The zero-order valence-electron chi connectivity index (χ0n) is 14.2. The summed E-state index contributed by atoms with van der Waals surface area (Å²) in [6.07, 6.45) is 4.63. The summed E-state index contributed by atoms with van der Waals surface area (Å²) < 4.78 is 1.91. The number of likely N-dealkylation sites (tertiary alicyclic amines) is 1. The highest BCUT2D eigenvalue weighted by Gasteiger charge is 2.29. The van der Waals surface area contributed by atoms with Gasteiger partial charge in [0, 0.05) is 51.4 Å². The lowest BCUT2D eigenvalue weighted by Crippen LogP contribution is -2.24. The Labute approximate surface area is 136 Å². The molecule has 2 aromatic rings. The Kier molecular flexibility index (Phi) is 4.21. The van der Waals surface area contributed by atoms with Crippen LogP contribution in [0.2, 0.25) is 0 Å². The number of amides is 1. The van der Waals surface area contributed by atoms with Gasteiger partial charge < -0.3 is 4.90 Å². The molecule has 0 spiro atoms. The molecule has 0 aliphatic carbocycles. The van der Waals surface area contributed by atoms with Gasteiger partial charge in [0.2, 0.25) is 0 Å². The van der Waals surface area contributed by atoms with Crippen LogP contribution in [0.5, 0.6) is 0 Å². The minimum absolute atomic E-state index is 0.00954. The van der Waals surface area contributed by atoms with Gasteiger partial charge in [-0.3, -0.25) is 19.5 Å². The van der Waals surface area contributed by atoms with Gasteiger partial charge in [0.15, 0.2) is 0 Å². The SMILES string of the molecule is Cc1c(CN2CC[C@@H](c3[nH]ncc3C(=O)N(C)C)C2)cnn1C. The number of hydrogen-bond donors (Lipinski definition) is 1. The molecule has 1 N–H and O–H groups in total. The summed E-state index contributed by atoms with van der Waals surface area (Å²) in [5, 5.41) is 11.4. The topological polar surface area (TPSA) is 70.1 Å². The Hall–Kier alpha value is -2.15. The zero-order chi connectivity index (χ0) is 16.6. The van der Waals surface area contributed by atoms with Crippen LogP contribution in [-0.4, -0.2) is 62.9 Å². The molecule has 1 saturated heterocycles. The maximum atomic E-state index is 12.2. The van der Waals surface area contributed by atoms with Crippen molar-refractivity contribution >= 4 is 5.91 Å². The third-order valence-corrected chi connectivity index (χ3v) is 4.72. The molecule has 0 unspecified atom stereocenters. The van der Waals surface area contributed by atoms with Gasteiger partial charge in [-0.15, -0.1) is 0 Å². The first-order chi connectivity index (χ1) is 11.0. The van der Waals surface area contributed by atoms with Crippen molar-refractivity contribution in [2.24, 2.45) is 7.05 Å². The Morgan fingerprint density at radius 2 is 2.22 bits per heavy atom. The van der Waals surface area contributed by atoms with E-state index in [0.717, 1.165) is 31.7 Å². The van der Waals surface area contributed by atoms with E-state index in [2.05, 4.69) is 27.1 Å². The van der Waals surface area contributed by atoms with Crippen molar-refractivity contribution in [3.05, 3.63) is 34.9 Å². The first-order valence-electron chi connectivity index (χ1n) is 7.92. The lowest BCUT2D eigenvalue weighted by molar-refractivity contribution is 0.0826. The minimum Gasteiger partial charge on any atom is -0.345 e. The lowest BCUT2D eigenvalue weighted by atomic mass is 10.0. The third kappa shape index (κ3) is 3.01. The maximum Gasteiger partial charge on any atom is 0.256 e. The molecular formula is C16H24N6O. The highest BCUT2D eigenvalue weighted by Crippen LogP contribution is 2.29. The molecule has 1 aliphatic rings. The third-order valence-electron chi connectivity index (χ3n) is 4.72. The molecule has 7 heteroatoms. The Balaban J connectivity index is 1.70. The zero-order valence-corrected chi connectivity index (χ0v) is 14.2. The molecule has 1 aliphatic heterocycles. The van der Waals surface area contributed by atoms with Crippen molar-refractivity contribution < 1.29 is 4.79 Å². The fourth-order valence-corrected chi connectivity index (χ4v) is 3.17. The number of aryl methyl sites for hydroxylation is 1. The van der Waals surface area contributed by atoms with Gasteiger partial charge in [-0.25, -0.2) is 0 Å². The van der Waals surface area contributed by atoms with E-state index >= 15 is 0 Å². The molecule has 1 fully saturated rings. The van der Waals surface area contributed by atoms with Gasteiger partial charge in [0.25, 0.3) is 5.91 Å². The average Bonchev–Trinajstić information content (AvgIpc) is 3.23. The van der Waals surface area contributed by atoms with Crippen LogP contribution < -0.4 is 0 Å². The van der Waals surface area contributed by atoms with Gasteiger partial charge in [0.1, 0.15) is 0 Å². The summed E-state index contributed by atoms with van der Waals surface area (Å²) in [5.41, 5.74) is 4.13. The maximum absolute atomic E-state index is 12.2. The summed E-state index contributed by atoms with van der Waals surface area (Å²) in [7, 11) is 5.51. The molecule has 0 aromatic carbocycles. The van der Waals surface area contributed by atoms with Gasteiger partial charge in [-0.1, -0.05) is 0 Å². The second-order valence-corrected chi connectivity index (χ2v) is 6.50. The molecule has 0 bridgehead atoms. The summed E-state index contributed by atoms with van der Waals surface area (Å²) in [5.74, 6) is 0.337. The molecule has 2 aromatic heterocycles. The summed E-state index contributed by atoms with van der Waals surface area (Å²) >= 11 is 0. The van der Waals surface area contributed by atoms with Crippen LogP contribution in [0.3, 0.4) is 0 Å². The summed E-state index contributed by atoms with van der Waals surface area (Å²) in [6, 6.07) is 0. The quantitative estimate of drug-likeness (QED) is 0.918. The van der Waals surface area contributed by atoms with Gasteiger partial charge >= 0.3 is 0 Å². The van der Waals surface area contributed by atoms with E-state index < -0.39 is 0 Å². The molecule has 124 valence electrons. The van der Waals surface area contributed by atoms with Crippen LogP contribution >= 0.6 is 0 Å². The van der Waals surface area contributed by atoms with Crippen molar-refractivity contribution in [3.63, 3.8) is 0 Å². The number of nitrogens with one attached hydrogen (secondary N) is 1. The van der Waals surface area contributed by atoms with Crippen LogP contribution in [0.25, 0.3) is 0 Å². The Morgan fingerprint density at radius 1 is 1.43 bits per heavy atom. The van der Waals surface area contributed by atoms with Crippen LogP contribution in [0.15, 0.2) is 12.4 Å². The number of rotatable bonds is 4. The predicted molar refractivity (Wildman–Crippen MR) is 87.2 cm³/mol. The molecule has 0 radical (unpaired) electrons. The Bertz CT molecular complexity index is 701. The molecule has 3 heterocycles. The summed E-state index contributed by atoms with van der Waals surface area (Å²) in [6.45, 7) is 4.96. The van der Waals surface area contributed by atoms with Crippen molar-refractivity contribution in [1.29, 1.82) is 0 Å². The molecular weight excluding hydrogens is 292 g/mol. The number of carbonyl (C=O) groups is 1. The van der Waals surface area contributed by atoms with Gasteiger partial charge in [-0.2, -0.15) is 10.2 Å². The molecule has 23 heavy (non-hydrogen) atoms. The number of aromatic amines is 1. The van der Waals surface area contributed by atoms with Crippen LogP contribution in [-0.2, 0) is 13.6 Å². The summed E-state index contributed by atoms with van der Waals surface area (Å²) in [4.78, 5) is 16.3. The smallest absolute Gasteiger partial charge is 0.256 e. The van der Waals surface area contributed by atoms with E-state index in [1.165, 1.54) is 11.3 Å². The van der Waals surface area contributed by atoms with Gasteiger partial charge in [0.05, 0.1) is 23.7 Å². The number of H-pyrrole nitrogens is 1. The van der Waals surface area contributed by atoms with E-state index in [0.29, 0.717) is 11.5 Å². The van der Waals surface area contributed by atoms with Crippen molar-refractivity contribution in [2.75, 3.05) is 27.2 Å². The van der Waals surface area contributed by atoms with Crippen LogP contribution in [0.1, 0.15) is 39.6 Å². The first kappa shape index (κ1) is 15.7. The van der Waals surface area contributed by atoms with E-state index in [4.69, 9.17) is 0 Å². The molecule has 0 saturated carbocycles. The molecule has 1 amide bonds. The molecule has 1 atom stereocenters. The van der Waals surface area contributed by atoms with E-state index in [9.17, 15) is 4.79 Å². The fraction of sp³-hybridized carbons (Fsp3) is 0.562. The fourth-order valence-electron chi connectivity index (χ4n) is 3.17. The minimum atomic E-state index is 0.00954. The van der Waals surface area contributed by atoms with E-state index in [1.807, 2.05) is 17.9 Å². The number of hydrogen-bond acceptors (Lipinski definition) is 4. The highest BCUT2D eigenvalue weighted by atomic mass is 16.2. The lowest BCUT2D eigenvalue weighted by Gasteiger charge is -2.16. The van der Waals surface area contributed by atoms with E-state index in [1.54, 1.807) is 25.2 Å². The Morgan fingerprint density at radius 3 is 2.87 bits per heavy atom. The second kappa shape index (κ2) is 6.16. The largest absolute Gasteiger partial charge is 0.345 e. The number of nitrogens with zero attached hydrogens (tertiary/aromatic N) is 5. The average molecular weight is 316 g/mol. The monoisotopic (exact) mass is 316 g/mol. The van der Waals surface area contributed by atoms with Crippen LogP contribution in [0.4, 0.5) is 0 Å². The number of aromatic nitrogens is 4. The predicted octanol–water partition coefficient (Wildman–Crippen LogP) is 1.14. The van der Waals surface area contributed by atoms with Crippen molar-refractivity contribution in [3.8, 4) is 0 Å².